The number of fused-ring (bicyclic) bond motifs is 5. The van der Waals surface area contributed by atoms with Crippen LogP contribution in [-0.2, 0) is 10.8 Å². The van der Waals surface area contributed by atoms with Crippen molar-refractivity contribution in [3.63, 3.8) is 0 Å². The van der Waals surface area contributed by atoms with Crippen molar-refractivity contribution < 1.29 is 0 Å². The highest BCUT2D eigenvalue weighted by Crippen LogP contribution is 2.55. The molecule has 0 fully saturated rings. The summed E-state index contributed by atoms with van der Waals surface area (Å²) in [4.78, 5) is 0. The van der Waals surface area contributed by atoms with Gasteiger partial charge in [-0.1, -0.05) is 80.0 Å². The summed E-state index contributed by atoms with van der Waals surface area (Å²) in [5.41, 5.74) is 3.73. The van der Waals surface area contributed by atoms with Crippen molar-refractivity contribution in [1.82, 2.24) is 0 Å². The Hall–Kier alpha value is -1.04. The minimum Gasteiger partial charge on any atom is -0.0776 e. The summed E-state index contributed by atoms with van der Waals surface area (Å²) in [5.74, 6) is 0. The van der Waals surface area contributed by atoms with E-state index in [1.165, 1.54) is 6.42 Å². The lowest BCUT2D eigenvalue weighted by Crippen LogP contribution is -2.12. The highest BCUT2D eigenvalue weighted by Gasteiger charge is 2.48. The summed E-state index contributed by atoms with van der Waals surface area (Å²) in [7, 11) is 0. The second-order valence-corrected chi connectivity index (χ2v) is 4.89. The van der Waals surface area contributed by atoms with Crippen LogP contribution in [-0.4, -0.2) is 0 Å². The van der Waals surface area contributed by atoms with E-state index in [-0.39, 0.29) is 29.7 Å². The molecule has 0 heterocycles. The molecule has 2 atom stereocenters. The van der Waals surface area contributed by atoms with Gasteiger partial charge in [-0.3, -0.25) is 0 Å². The largest absolute Gasteiger partial charge is 0.0776 e. The van der Waals surface area contributed by atoms with Gasteiger partial charge < -0.3 is 0 Å². The smallest absolute Gasteiger partial charge is 0.0118 e. The third-order valence-electron chi connectivity index (χ3n) is 3.71. The predicted molar refractivity (Wildman–Crippen MR) is 81.8 cm³/mol. The van der Waals surface area contributed by atoms with Crippen LogP contribution in [0.4, 0.5) is 0 Å². The van der Waals surface area contributed by atoms with Gasteiger partial charge in [0.25, 0.3) is 0 Å². The molecule has 0 radical (unpaired) electrons. The molecule has 1 aromatic carbocycles. The van der Waals surface area contributed by atoms with Gasteiger partial charge in [0, 0.05) is 10.8 Å². The third-order valence-corrected chi connectivity index (χ3v) is 3.71. The average Bonchev–Trinajstić information content (AvgIpc) is 2.55. The van der Waals surface area contributed by atoms with E-state index < -0.39 is 0 Å². The van der Waals surface area contributed by atoms with E-state index in [1.807, 2.05) is 0 Å². The standard InChI is InChI=1S/C13H14.4CH4/c1-12-7-8-13(2,9-12)11-6-4-3-5-10(11)12;;;;/h3-8H,9H2,1-2H3;4*1H4. The van der Waals surface area contributed by atoms with E-state index in [0.717, 1.165) is 0 Å². The summed E-state index contributed by atoms with van der Waals surface area (Å²) >= 11 is 0. The lowest BCUT2D eigenvalue weighted by Gasteiger charge is -2.21. The van der Waals surface area contributed by atoms with E-state index in [1.54, 1.807) is 11.1 Å². The molecule has 0 heteroatoms. The highest BCUT2D eigenvalue weighted by atomic mass is 14.5. The molecule has 0 N–H and O–H groups in total. The van der Waals surface area contributed by atoms with E-state index in [4.69, 9.17) is 0 Å². The maximum Gasteiger partial charge on any atom is 0.0118 e. The van der Waals surface area contributed by atoms with Crippen molar-refractivity contribution in [2.24, 2.45) is 0 Å². The molecule has 0 aliphatic heterocycles. The van der Waals surface area contributed by atoms with Gasteiger partial charge in [-0.2, -0.15) is 0 Å². The maximum atomic E-state index is 2.38. The topological polar surface area (TPSA) is 0 Å². The quantitative estimate of drug-likeness (QED) is 0.504. The van der Waals surface area contributed by atoms with Gasteiger partial charge in [0.1, 0.15) is 0 Å². The van der Waals surface area contributed by atoms with Crippen LogP contribution in [0.1, 0.15) is 61.1 Å². The molecular weight excluding hydrogens is 204 g/mol. The summed E-state index contributed by atoms with van der Waals surface area (Å²) in [6, 6.07) is 8.87. The lowest BCUT2D eigenvalue weighted by molar-refractivity contribution is 0.517. The second-order valence-electron chi connectivity index (χ2n) is 4.89. The van der Waals surface area contributed by atoms with Crippen LogP contribution in [0.2, 0.25) is 0 Å². The fourth-order valence-corrected chi connectivity index (χ4v) is 3.10. The Kier molecular flexibility index (Phi) is 5.48. The average molecular weight is 234 g/mol. The normalized spacial score (nSPS) is 30.2. The molecule has 0 amide bonds. The highest BCUT2D eigenvalue weighted by molar-refractivity contribution is 5.55. The Morgan fingerprint density at radius 1 is 0.765 bits per heavy atom. The molecule has 0 saturated carbocycles. The molecule has 2 aliphatic carbocycles. The maximum absolute atomic E-state index is 2.38. The molecule has 2 aliphatic rings. The molecule has 1 aromatic rings. The van der Waals surface area contributed by atoms with Gasteiger partial charge in [0.15, 0.2) is 0 Å². The Morgan fingerprint density at radius 3 is 1.47 bits per heavy atom. The van der Waals surface area contributed by atoms with Crippen molar-refractivity contribution in [2.75, 3.05) is 0 Å². The summed E-state index contributed by atoms with van der Waals surface area (Å²) < 4.78 is 0. The Morgan fingerprint density at radius 2 is 1.12 bits per heavy atom. The molecule has 2 unspecified atom stereocenters. The number of allylic oxidation sites excluding steroid dienone is 2. The van der Waals surface area contributed by atoms with E-state index in [9.17, 15) is 0 Å². The number of hydrogen-bond acceptors (Lipinski definition) is 0. The molecule has 0 aromatic heterocycles. The molecule has 0 spiro atoms. The van der Waals surface area contributed by atoms with Gasteiger partial charge in [-0.15, -0.1) is 0 Å². The Bertz CT molecular complexity index is 365. The van der Waals surface area contributed by atoms with Crippen molar-refractivity contribution >= 4 is 0 Å². The van der Waals surface area contributed by atoms with Crippen LogP contribution in [0.25, 0.3) is 0 Å². The first-order valence-electron chi connectivity index (χ1n) is 4.95. The van der Waals surface area contributed by atoms with Crippen LogP contribution in [0, 0.1) is 0 Å². The zero-order valence-corrected chi connectivity index (χ0v) is 8.17. The van der Waals surface area contributed by atoms with Gasteiger partial charge in [0.05, 0.1) is 0 Å². The first-order valence-corrected chi connectivity index (χ1v) is 4.95. The fraction of sp³-hybridized carbons (Fsp3) is 0.529. The van der Waals surface area contributed by atoms with Crippen LogP contribution >= 0.6 is 0 Å². The lowest BCUT2D eigenvalue weighted by atomic mass is 9.84. The molecule has 2 bridgehead atoms. The first-order chi connectivity index (χ1) is 6.14. The minimum absolute atomic E-state index is 0. The number of rotatable bonds is 0. The fourth-order valence-electron chi connectivity index (χ4n) is 3.10. The van der Waals surface area contributed by atoms with Gasteiger partial charge >= 0.3 is 0 Å². The second kappa shape index (κ2) is 5.08. The van der Waals surface area contributed by atoms with Gasteiger partial charge in [-0.25, -0.2) is 0 Å². The molecule has 0 saturated heterocycles. The van der Waals surface area contributed by atoms with E-state index in [0.29, 0.717) is 10.8 Å². The van der Waals surface area contributed by atoms with Crippen LogP contribution < -0.4 is 0 Å². The number of benzene rings is 1. The predicted octanol–water partition coefficient (Wildman–Crippen LogP) is 5.72. The van der Waals surface area contributed by atoms with Crippen LogP contribution in [0.5, 0.6) is 0 Å². The van der Waals surface area contributed by atoms with Crippen molar-refractivity contribution in [1.29, 1.82) is 0 Å². The molecule has 98 valence electrons. The summed E-state index contributed by atoms with van der Waals surface area (Å²) in [6.07, 6.45) is 6.03. The summed E-state index contributed by atoms with van der Waals surface area (Å²) in [5, 5.41) is 0. The molecule has 3 rings (SSSR count). The zero-order chi connectivity index (χ0) is 9.10. The zero-order valence-electron chi connectivity index (χ0n) is 8.17. The van der Waals surface area contributed by atoms with Gasteiger partial charge in [0.2, 0.25) is 0 Å². The minimum atomic E-state index is 0. The SMILES string of the molecule is C.C.C.C.CC12C=CC(C)(C1)c1ccccc12. The van der Waals surface area contributed by atoms with E-state index in [2.05, 4.69) is 50.3 Å². The Labute approximate surface area is 109 Å². The Balaban J connectivity index is 0. The van der Waals surface area contributed by atoms with Crippen molar-refractivity contribution in [3.05, 3.63) is 47.5 Å². The van der Waals surface area contributed by atoms with Crippen molar-refractivity contribution in [3.8, 4) is 0 Å². The van der Waals surface area contributed by atoms with Gasteiger partial charge in [-0.05, 0) is 17.5 Å². The molecule has 0 nitrogen and oxygen atoms in total. The number of hydrogen-bond donors (Lipinski definition) is 0. The third kappa shape index (κ3) is 2.06. The van der Waals surface area contributed by atoms with Crippen molar-refractivity contribution in [2.45, 2.75) is 60.8 Å². The van der Waals surface area contributed by atoms with Crippen LogP contribution in [0.3, 0.4) is 0 Å². The monoisotopic (exact) mass is 234 g/mol. The molecule has 17 heavy (non-hydrogen) atoms. The van der Waals surface area contributed by atoms with E-state index >= 15 is 0 Å². The molecular formula is C17H30. The summed E-state index contributed by atoms with van der Waals surface area (Å²) in [6.45, 7) is 4.70. The van der Waals surface area contributed by atoms with Crippen LogP contribution in [0.15, 0.2) is 36.4 Å². The first kappa shape index (κ1) is 18.3.